The van der Waals surface area contributed by atoms with Crippen LogP contribution in [-0.4, -0.2) is 37.2 Å². The molecule has 6 nitrogen and oxygen atoms in total. The van der Waals surface area contributed by atoms with E-state index < -0.39 is 6.10 Å². The van der Waals surface area contributed by atoms with Gasteiger partial charge in [-0.15, -0.1) is 0 Å². The van der Waals surface area contributed by atoms with E-state index in [0.29, 0.717) is 25.7 Å². The van der Waals surface area contributed by atoms with Crippen LogP contribution in [0.5, 0.6) is 0 Å². The van der Waals surface area contributed by atoms with Crippen LogP contribution in [0.15, 0.2) is 134 Å². The Balaban J connectivity index is 4.48. The predicted molar refractivity (Wildman–Crippen MR) is 348 cm³/mol. The zero-order chi connectivity index (χ0) is 57.8. The van der Waals surface area contributed by atoms with Gasteiger partial charge in [0.05, 0.1) is 0 Å². The highest BCUT2D eigenvalue weighted by molar-refractivity contribution is 5.71. The van der Waals surface area contributed by atoms with Gasteiger partial charge in [0.25, 0.3) is 0 Å². The molecule has 0 heterocycles. The standard InChI is InChI=1S/C74H122O6/c1-4-7-10-13-16-19-22-25-28-31-33-34-35-36-37-38-39-40-41-44-46-49-52-55-58-61-64-67-73(76)79-70-71(69-78-72(75)66-63-60-57-54-51-48-45-42-30-27-24-21-18-15-12-9-6-3)80-74(77)68-65-62-59-56-53-50-47-43-32-29-26-23-20-17-14-11-8-5-2/h7,10,16,19-20,23,25,27-30,32-34,36-37,39-40,44,46,52,55,71H,4-6,8-9,11-15,17-18,21-22,24,26,31,35,38,41-43,45,47-51,53-54,56-70H2,1-3H3/b10-7-,19-16-,23-20-,28-25-,30-27-,32-29-,34-33-,37-36-,40-39-,46-44-,55-52-. The highest BCUT2D eigenvalue weighted by Crippen LogP contribution is 2.15. The molecule has 6 heteroatoms. The number of rotatable bonds is 59. The Morgan fingerprint density at radius 2 is 0.487 bits per heavy atom. The fourth-order valence-electron chi connectivity index (χ4n) is 8.89. The van der Waals surface area contributed by atoms with Crippen LogP contribution in [0.2, 0.25) is 0 Å². The van der Waals surface area contributed by atoms with Crippen molar-refractivity contribution in [2.24, 2.45) is 0 Å². The van der Waals surface area contributed by atoms with E-state index in [2.05, 4.69) is 154 Å². The lowest BCUT2D eigenvalue weighted by molar-refractivity contribution is -0.167. The van der Waals surface area contributed by atoms with E-state index in [-0.39, 0.29) is 31.1 Å². The van der Waals surface area contributed by atoms with Crippen LogP contribution >= 0.6 is 0 Å². The van der Waals surface area contributed by atoms with Gasteiger partial charge >= 0.3 is 17.9 Å². The first-order valence-corrected chi connectivity index (χ1v) is 33.2. The number of carbonyl (C=O) groups excluding carboxylic acids is 3. The smallest absolute Gasteiger partial charge is 0.306 e. The first-order chi connectivity index (χ1) is 39.5. The monoisotopic (exact) mass is 1110 g/mol. The fraction of sp³-hybridized carbons (Fsp3) is 0.662. The van der Waals surface area contributed by atoms with E-state index in [1.54, 1.807) is 0 Å². The second kappa shape index (κ2) is 67.1. The Kier molecular flexibility index (Phi) is 63.3. The van der Waals surface area contributed by atoms with Crippen LogP contribution in [0, 0.1) is 0 Å². The number of esters is 3. The lowest BCUT2D eigenvalue weighted by Gasteiger charge is -2.18. The number of hydrogen-bond acceptors (Lipinski definition) is 6. The van der Waals surface area contributed by atoms with Gasteiger partial charge in [-0.1, -0.05) is 270 Å². The Labute approximate surface area is 494 Å². The Hall–Kier alpha value is -4.45. The maximum absolute atomic E-state index is 12.9. The van der Waals surface area contributed by atoms with Gasteiger partial charge in [0.15, 0.2) is 6.10 Å². The molecule has 0 fully saturated rings. The van der Waals surface area contributed by atoms with Crippen LogP contribution < -0.4 is 0 Å². The zero-order valence-electron chi connectivity index (χ0n) is 52.0. The van der Waals surface area contributed by atoms with Gasteiger partial charge in [0.1, 0.15) is 13.2 Å². The number of ether oxygens (including phenoxy) is 3. The fourth-order valence-corrected chi connectivity index (χ4v) is 8.89. The largest absolute Gasteiger partial charge is 0.462 e. The normalized spacial score (nSPS) is 13.0. The van der Waals surface area contributed by atoms with E-state index in [1.807, 2.05) is 0 Å². The average molecular weight is 1110 g/mol. The van der Waals surface area contributed by atoms with Gasteiger partial charge in [-0.05, 0) is 141 Å². The zero-order valence-corrected chi connectivity index (χ0v) is 52.0. The lowest BCUT2D eigenvalue weighted by Crippen LogP contribution is -2.30. The summed E-state index contributed by atoms with van der Waals surface area (Å²) >= 11 is 0. The third kappa shape index (κ3) is 64.4. The minimum absolute atomic E-state index is 0.100. The van der Waals surface area contributed by atoms with Crippen molar-refractivity contribution in [3.8, 4) is 0 Å². The molecule has 0 aromatic rings. The summed E-state index contributed by atoms with van der Waals surface area (Å²) in [6.45, 7) is 6.47. The van der Waals surface area contributed by atoms with Crippen molar-refractivity contribution in [3.63, 3.8) is 0 Å². The Morgan fingerprint density at radius 1 is 0.263 bits per heavy atom. The molecule has 0 aromatic heterocycles. The predicted octanol–water partition coefficient (Wildman–Crippen LogP) is 22.9. The van der Waals surface area contributed by atoms with Gasteiger partial charge in [-0.3, -0.25) is 14.4 Å². The first kappa shape index (κ1) is 75.5. The lowest BCUT2D eigenvalue weighted by atomic mass is 10.1. The van der Waals surface area contributed by atoms with Crippen molar-refractivity contribution < 1.29 is 28.6 Å². The summed E-state index contributed by atoms with van der Waals surface area (Å²) in [5, 5.41) is 0. The Bertz CT molecular complexity index is 1700. The topological polar surface area (TPSA) is 78.9 Å². The van der Waals surface area contributed by atoms with E-state index in [9.17, 15) is 14.4 Å². The summed E-state index contributed by atoms with van der Waals surface area (Å²) in [4.78, 5) is 38.4. The number of carbonyl (C=O) groups is 3. The molecule has 0 radical (unpaired) electrons. The van der Waals surface area contributed by atoms with Crippen LogP contribution in [0.25, 0.3) is 0 Å². The van der Waals surface area contributed by atoms with Crippen LogP contribution in [-0.2, 0) is 28.6 Å². The van der Waals surface area contributed by atoms with E-state index in [0.717, 1.165) is 116 Å². The molecule has 0 aliphatic carbocycles. The molecule has 0 rings (SSSR count). The molecule has 0 N–H and O–H groups in total. The molecule has 1 atom stereocenters. The molecule has 0 aliphatic heterocycles. The quantitative estimate of drug-likeness (QED) is 0.0261. The third-order valence-corrected chi connectivity index (χ3v) is 13.9. The SMILES string of the molecule is CC/C=C\C/C=C\C/C=C\C/C=C\C/C=C\C/C=C\C/C=C\C/C=C\CCCCC(=O)OCC(COC(=O)CCCCCCCCC/C=C\CCCCCCCC)OC(=O)CCCCCCCCC/C=C\C/C=C\CCCCCC. The van der Waals surface area contributed by atoms with Crippen LogP contribution in [0.3, 0.4) is 0 Å². The summed E-state index contributed by atoms with van der Waals surface area (Å²) < 4.78 is 16.9. The maximum atomic E-state index is 12.9. The minimum Gasteiger partial charge on any atom is -0.462 e. The summed E-state index contributed by atoms with van der Waals surface area (Å²) in [5.41, 5.74) is 0. The molecule has 0 spiro atoms. The van der Waals surface area contributed by atoms with Crippen molar-refractivity contribution in [2.45, 2.75) is 303 Å². The van der Waals surface area contributed by atoms with Crippen molar-refractivity contribution in [3.05, 3.63) is 134 Å². The Morgan fingerprint density at radius 3 is 0.812 bits per heavy atom. The van der Waals surface area contributed by atoms with Crippen molar-refractivity contribution in [1.82, 2.24) is 0 Å². The highest BCUT2D eigenvalue weighted by Gasteiger charge is 2.19. The number of unbranched alkanes of at least 4 members (excludes halogenated alkanes) is 26. The molecule has 0 bridgehead atoms. The summed E-state index contributed by atoms with van der Waals surface area (Å²) in [6.07, 6.45) is 94.5. The molecule has 454 valence electrons. The van der Waals surface area contributed by atoms with Crippen molar-refractivity contribution in [1.29, 1.82) is 0 Å². The highest BCUT2D eigenvalue weighted by atomic mass is 16.6. The van der Waals surface area contributed by atoms with Crippen molar-refractivity contribution >= 4 is 17.9 Å². The van der Waals surface area contributed by atoms with E-state index in [1.165, 1.54) is 135 Å². The molecule has 0 amide bonds. The van der Waals surface area contributed by atoms with E-state index in [4.69, 9.17) is 14.2 Å². The second-order valence-electron chi connectivity index (χ2n) is 21.6. The number of hydrogen-bond donors (Lipinski definition) is 0. The molecule has 0 aromatic carbocycles. The molecule has 0 aliphatic rings. The van der Waals surface area contributed by atoms with Gasteiger partial charge in [0, 0.05) is 19.3 Å². The number of allylic oxidation sites excluding steroid dienone is 22. The molecule has 80 heavy (non-hydrogen) atoms. The van der Waals surface area contributed by atoms with Crippen LogP contribution in [0.4, 0.5) is 0 Å². The average Bonchev–Trinajstić information content (AvgIpc) is 3.46. The molecule has 0 saturated carbocycles. The maximum Gasteiger partial charge on any atom is 0.306 e. The molecular weight excluding hydrogens is 985 g/mol. The molecule has 1 unspecified atom stereocenters. The van der Waals surface area contributed by atoms with E-state index >= 15 is 0 Å². The second-order valence-corrected chi connectivity index (χ2v) is 21.6. The van der Waals surface area contributed by atoms with Crippen LogP contribution in [0.1, 0.15) is 297 Å². The summed E-state index contributed by atoms with van der Waals surface area (Å²) in [5.74, 6) is -0.953. The van der Waals surface area contributed by atoms with Gasteiger partial charge in [-0.25, -0.2) is 0 Å². The third-order valence-electron chi connectivity index (χ3n) is 13.9. The minimum atomic E-state index is -0.809. The van der Waals surface area contributed by atoms with Gasteiger partial charge < -0.3 is 14.2 Å². The summed E-state index contributed by atoms with van der Waals surface area (Å²) in [6, 6.07) is 0. The molecule has 0 saturated heterocycles. The van der Waals surface area contributed by atoms with Gasteiger partial charge in [0.2, 0.25) is 0 Å². The summed E-state index contributed by atoms with van der Waals surface area (Å²) in [7, 11) is 0. The van der Waals surface area contributed by atoms with Crippen molar-refractivity contribution in [2.75, 3.05) is 13.2 Å². The first-order valence-electron chi connectivity index (χ1n) is 33.2. The van der Waals surface area contributed by atoms with Gasteiger partial charge in [-0.2, -0.15) is 0 Å². The molecular formula is C74H122O6.